The third kappa shape index (κ3) is 2.85. The summed E-state index contributed by atoms with van der Waals surface area (Å²) in [5.74, 6) is 1.78. The Bertz CT molecular complexity index is 311. The highest BCUT2D eigenvalue weighted by atomic mass is 15.0. The minimum atomic E-state index is 0.716. The zero-order valence-corrected chi connectivity index (χ0v) is 10.2. The Hall–Kier alpha value is -0.830. The topological polar surface area (TPSA) is 43.8 Å². The molecule has 0 spiro atoms. The molecule has 0 unspecified atom stereocenters. The summed E-state index contributed by atoms with van der Waals surface area (Å²) in [6.45, 7) is 4.22. The SMILES string of the molecule is CC1CCC(Cn2cncc2CCN)CC1. The molecule has 0 saturated heterocycles. The number of hydrogen-bond donors (Lipinski definition) is 1. The third-order valence-corrected chi connectivity index (χ3v) is 3.79. The van der Waals surface area contributed by atoms with Gasteiger partial charge >= 0.3 is 0 Å². The van der Waals surface area contributed by atoms with Crippen molar-refractivity contribution in [1.29, 1.82) is 0 Å². The molecule has 2 N–H and O–H groups in total. The summed E-state index contributed by atoms with van der Waals surface area (Å²) in [5, 5.41) is 0. The molecule has 0 amide bonds. The lowest BCUT2D eigenvalue weighted by Gasteiger charge is -2.26. The molecular formula is C13H23N3. The smallest absolute Gasteiger partial charge is 0.0948 e. The van der Waals surface area contributed by atoms with Crippen molar-refractivity contribution in [2.75, 3.05) is 6.54 Å². The normalized spacial score (nSPS) is 25.9. The number of aromatic nitrogens is 2. The highest BCUT2D eigenvalue weighted by Crippen LogP contribution is 2.29. The van der Waals surface area contributed by atoms with Gasteiger partial charge in [-0.1, -0.05) is 19.8 Å². The van der Waals surface area contributed by atoms with Gasteiger partial charge in [0, 0.05) is 24.9 Å². The van der Waals surface area contributed by atoms with Gasteiger partial charge in [-0.05, 0) is 31.2 Å². The monoisotopic (exact) mass is 221 g/mol. The van der Waals surface area contributed by atoms with Crippen LogP contribution in [0.15, 0.2) is 12.5 Å². The lowest BCUT2D eigenvalue weighted by atomic mass is 9.83. The number of nitrogens with zero attached hydrogens (tertiary/aromatic N) is 2. The van der Waals surface area contributed by atoms with Crippen molar-refractivity contribution < 1.29 is 0 Å². The van der Waals surface area contributed by atoms with E-state index in [2.05, 4.69) is 16.5 Å². The van der Waals surface area contributed by atoms with E-state index in [-0.39, 0.29) is 0 Å². The zero-order valence-electron chi connectivity index (χ0n) is 10.2. The number of imidazole rings is 1. The van der Waals surface area contributed by atoms with Crippen molar-refractivity contribution in [2.24, 2.45) is 17.6 Å². The van der Waals surface area contributed by atoms with Crippen molar-refractivity contribution in [1.82, 2.24) is 9.55 Å². The third-order valence-electron chi connectivity index (χ3n) is 3.79. The lowest BCUT2D eigenvalue weighted by molar-refractivity contribution is 0.263. The van der Waals surface area contributed by atoms with E-state index in [0.29, 0.717) is 6.54 Å². The number of nitrogens with two attached hydrogens (primary N) is 1. The number of hydrogen-bond acceptors (Lipinski definition) is 2. The Morgan fingerprint density at radius 2 is 2.12 bits per heavy atom. The van der Waals surface area contributed by atoms with Crippen molar-refractivity contribution >= 4 is 0 Å². The van der Waals surface area contributed by atoms with Crippen LogP contribution in [0.5, 0.6) is 0 Å². The maximum absolute atomic E-state index is 5.60. The molecule has 16 heavy (non-hydrogen) atoms. The van der Waals surface area contributed by atoms with Crippen LogP contribution in [0.1, 0.15) is 38.3 Å². The molecule has 1 aromatic rings. The molecule has 1 heterocycles. The molecule has 0 radical (unpaired) electrons. The van der Waals surface area contributed by atoms with Crippen LogP contribution in [-0.4, -0.2) is 16.1 Å². The van der Waals surface area contributed by atoms with Crippen LogP contribution >= 0.6 is 0 Å². The summed E-state index contributed by atoms with van der Waals surface area (Å²) in [7, 11) is 0. The first-order valence-electron chi connectivity index (χ1n) is 6.48. The Labute approximate surface area is 98.1 Å². The first kappa shape index (κ1) is 11.6. The molecule has 1 aliphatic rings. The second-order valence-corrected chi connectivity index (χ2v) is 5.20. The van der Waals surface area contributed by atoms with Gasteiger partial charge in [0.2, 0.25) is 0 Å². The van der Waals surface area contributed by atoms with Crippen molar-refractivity contribution in [3.8, 4) is 0 Å². The summed E-state index contributed by atoms with van der Waals surface area (Å²) in [6, 6.07) is 0. The molecule has 3 heteroatoms. The van der Waals surface area contributed by atoms with Crippen molar-refractivity contribution in [2.45, 2.75) is 45.6 Å². The highest BCUT2D eigenvalue weighted by Gasteiger charge is 2.19. The van der Waals surface area contributed by atoms with Crippen LogP contribution in [0.25, 0.3) is 0 Å². The first-order valence-corrected chi connectivity index (χ1v) is 6.48. The minimum absolute atomic E-state index is 0.716. The fraction of sp³-hybridized carbons (Fsp3) is 0.769. The van der Waals surface area contributed by atoms with Crippen LogP contribution in [0.2, 0.25) is 0 Å². The second kappa shape index (κ2) is 5.48. The first-order chi connectivity index (χ1) is 7.79. The maximum atomic E-state index is 5.60. The molecule has 3 nitrogen and oxygen atoms in total. The Morgan fingerprint density at radius 1 is 1.38 bits per heavy atom. The zero-order chi connectivity index (χ0) is 11.4. The average Bonchev–Trinajstić information content (AvgIpc) is 2.70. The molecule has 1 aliphatic carbocycles. The van der Waals surface area contributed by atoms with Gasteiger partial charge in [-0.15, -0.1) is 0 Å². The Morgan fingerprint density at radius 3 is 2.81 bits per heavy atom. The van der Waals surface area contributed by atoms with Crippen molar-refractivity contribution in [3.05, 3.63) is 18.2 Å². The van der Waals surface area contributed by atoms with E-state index in [1.54, 1.807) is 0 Å². The molecule has 1 fully saturated rings. The minimum Gasteiger partial charge on any atom is -0.334 e. The summed E-state index contributed by atoms with van der Waals surface area (Å²) < 4.78 is 2.30. The van der Waals surface area contributed by atoms with Gasteiger partial charge in [0.15, 0.2) is 0 Å². The average molecular weight is 221 g/mol. The van der Waals surface area contributed by atoms with Crippen molar-refractivity contribution in [3.63, 3.8) is 0 Å². The van der Waals surface area contributed by atoms with Crippen LogP contribution in [-0.2, 0) is 13.0 Å². The molecule has 2 rings (SSSR count). The molecule has 0 atom stereocenters. The van der Waals surface area contributed by atoms with Gasteiger partial charge < -0.3 is 10.3 Å². The van der Waals surface area contributed by atoms with Crippen LogP contribution in [0.4, 0.5) is 0 Å². The van der Waals surface area contributed by atoms with Gasteiger partial charge in [0.1, 0.15) is 0 Å². The van der Waals surface area contributed by atoms with E-state index in [1.165, 1.54) is 31.4 Å². The lowest BCUT2D eigenvalue weighted by Crippen LogP contribution is -2.19. The fourth-order valence-corrected chi connectivity index (χ4v) is 2.66. The van der Waals surface area contributed by atoms with E-state index >= 15 is 0 Å². The Kier molecular flexibility index (Phi) is 3.99. The fourth-order valence-electron chi connectivity index (χ4n) is 2.66. The molecule has 0 bridgehead atoms. The largest absolute Gasteiger partial charge is 0.334 e. The van der Waals surface area contributed by atoms with E-state index in [1.807, 2.05) is 12.5 Å². The van der Waals surface area contributed by atoms with Crippen LogP contribution < -0.4 is 5.73 Å². The van der Waals surface area contributed by atoms with Gasteiger partial charge in [0.25, 0.3) is 0 Å². The highest BCUT2D eigenvalue weighted by molar-refractivity contribution is 4.99. The second-order valence-electron chi connectivity index (χ2n) is 5.20. The van der Waals surface area contributed by atoms with Gasteiger partial charge in [-0.3, -0.25) is 0 Å². The van der Waals surface area contributed by atoms with E-state index < -0.39 is 0 Å². The molecule has 0 aromatic carbocycles. The summed E-state index contributed by atoms with van der Waals surface area (Å²) in [4.78, 5) is 4.23. The quantitative estimate of drug-likeness (QED) is 0.847. The molecule has 0 aliphatic heterocycles. The summed E-state index contributed by atoms with van der Waals surface area (Å²) in [5.41, 5.74) is 6.89. The van der Waals surface area contributed by atoms with E-state index in [9.17, 15) is 0 Å². The molecule has 1 saturated carbocycles. The van der Waals surface area contributed by atoms with Crippen LogP contribution in [0.3, 0.4) is 0 Å². The maximum Gasteiger partial charge on any atom is 0.0948 e. The predicted molar refractivity (Wildman–Crippen MR) is 66.1 cm³/mol. The standard InChI is InChI=1S/C13H23N3/c1-11-2-4-12(5-3-11)9-16-10-15-8-13(16)6-7-14/h8,10-12H,2-7,9,14H2,1H3. The van der Waals surface area contributed by atoms with Gasteiger partial charge in [-0.25, -0.2) is 4.98 Å². The predicted octanol–water partition coefficient (Wildman–Crippen LogP) is 2.21. The van der Waals surface area contributed by atoms with E-state index in [4.69, 9.17) is 5.73 Å². The molecule has 1 aromatic heterocycles. The van der Waals surface area contributed by atoms with Gasteiger partial charge in [0.05, 0.1) is 6.33 Å². The molecule has 90 valence electrons. The summed E-state index contributed by atoms with van der Waals surface area (Å²) >= 11 is 0. The molecular weight excluding hydrogens is 198 g/mol. The summed E-state index contributed by atoms with van der Waals surface area (Å²) in [6.07, 6.45) is 10.4. The Balaban J connectivity index is 1.90. The van der Waals surface area contributed by atoms with E-state index in [0.717, 1.165) is 24.8 Å². The van der Waals surface area contributed by atoms with Gasteiger partial charge in [-0.2, -0.15) is 0 Å². The van der Waals surface area contributed by atoms with Crippen LogP contribution in [0, 0.1) is 11.8 Å². The number of rotatable bonds is 4.